The lowest BCUT2D eigenvalue weighted by Gasteiger charge is -2.31. The average Bonchev–Trinajstić information content (AvgIpc) is 2.04. The van der Waals surface area contributed by atoms with E-state index >= 15 is 0 Å². The quantitative estimate of drug-likeness (QED) is 0.507. The Balaban J connectivity index is 3.80. The van der Waals surface area contributed by atoms with E-state index < -0.39 is 0 Å². The number of hydrogen-bond donors (Lipinski definition) is 0. The first-order chi connectivity index (χ1) is 5.56. The molecular formula is C10H21BrO. The molecule has 0 aliphatic heterocycles. The first kappa shape index (κ1) is 12.4. The number of methoxy groups -OCH3 is 1. The van der Waals surface area contributed by atoms with E-state index in [2.05, 4.69) is 36.7 Å². The molecule has 0 amide bonds. The van der Waals surface area contributed by atoms with Gasteiger partial charge >= 0.3 is 0 Å². The number of rotatable bonds is 6. The van der Waals surface area contributed by atoms with Gasteiger partial charge in [-0.1, -0.05) is 36.7 Å². The number of ether oxygens (including phenoxy) is 1. The van der Waals surface area contributed by atoms with E-state index in [-0.39, 0.29) is 0 Å². The fourth-order valence-corrected chi connectivity index (χ4v) is 2.06. The topological polar surface area (TPSA) is 9.23 Å². The Morgan fingerprint density at radius 3 is 2.33 bits per heavy atom. The molecule has 1 nitrogen and oxygen atoms in total. The molecular weight excluding hydrogens is 216 g/mol. The van der Waals surface area contributed by atoms with Crippen molar-refractivity contribution >= 4 is 15.9 Å². The lowest BCUT2D eigenvalue weighted by atomic mass is 9.77. The molecule has 74 valence electrons. The molecule has 12 heavy (non-hydrogen) atoms. The van der Waals surface area contributed by atoms with Crippen molar-refractivity contribution in [3.8, 4) is 0 Å². The van der Waals surface area contributed by atoms with E-state index in [0.717, 1.165) is 24.3 Å². The number of hydrogen-bond acceptors (Lipinski definition) is 1. The molecule has 0 aromatic carbocycles. The van der Waals surface area contributed by atoms with E-state index in [4.69, 9.17) is 4.74 Å². The smallest absolute Gasteiger partial charge is 0.0462 e. The molecule has 0 fully saturated rings. The maximum atomic E-state index is 5.05. The Labute approximate surface area is 85.0 Å². The molecule has 0 saturated carbocycles. The Morgan fingerprint density at radius 2 is 2.00 bits per heavy atom. The van der Waals surface area contributed by atoms with Crippen LogP contribution in [0, 0.1) is 11.3 Å². The summed E-state index contributed by atoms with van der Waals surface area (Å²) in [4.78, 5) is 0. The van der Waals surface area contributed by atoms with Crippen molar-refractivity contribution in [3.05, 3.63) is 0 Å². The molecule has 0 aliphatic carbocycles. The summed E-state index contributed by atoms with van der Waals surface area (Å²) < 4.78 is 5.05. The summed E-state index contributed by atoms with van der Waals surface area (Å²) in [7, 11) is 1.76. The van der Waals surface area contributed by atoms with Crippen LogP contribution < -0.4 is 0 Å². The Hall–Kier alpha value is 0.440. The van der Waals surface area contributed by atoms with Crippen molar-refractivity contribution < 1.29 is 4.74 Å². The van der Waals surface area contributed by atoms with E-state index in [1.165, 1.54) is 6.42 Å². The van der Waals surface area contributed by atoms with Crippen molar-refractivity contribution in [1.82, 2.24) is 0 Å². The monoisotopic (exact) mass is 236 g/mol. The van der Waals surface area contributed by atoms with Crippen LogP contribution in [0.4, 0.5) is 0 Å². The first-order valence-electron chi connectivity index (χ1n) is 4.61. The highest BCUT2D eigenvalue weighted by molar-refractivity contribution is 9.09. The summed E-state index contributed by atoms with van der Waals surface area (Å²) in [6, 6.07) is 0. The molecule has 0 saturated heterocycles. The van der Waals surface area contributed by atoms with Gasteiger partial charge in [-0.05, 0) is 24.2 Å². The van der Waals surface area contributed by atoms with Crippen LogP contribution in [0.25, 0.3) is 0 Å². The van der Waals surface area contributed by atoms with Gasteiger partial charge in [-0.3, -0.25) is 0 Å². The van der Waals surface area contributed by atoms with Gasteiger partial charge in [0, 0.05) is 19.0 Å². The highest BCUT2D eigenvalue weighted by Crippen LogP contribution is 2.33. The maximum absolute atomic E-state index is 5.05. The zero-order valence-electron chi connectivity index (χ0n) is 8.69. The summed E-state index contributed by atoms with van der Waals surface area (Å²) in [6.45, 7) is 7.79. The van der Waals surface area contributed by atoms with Crippen molar-refractivity contribution in [1.29, 1.82) is 0 Å². The minimum Gasteiger partial charge on any atom is -0.385 e. The third-order valence-electron chi connectivity index (χ3n) is 2.80. The minimum atomic E-state index is 0.429. The van der Waals surface area contributed by atoms with Crippen LogP contribution >= 0.6 is 15.9 Å². The normalized spacial score (nSPS) is 16.5. The SMILES string of the molecule is COCCCC(C)(CBr)C(C)C. The molecule has 0 radical (unpaired) electrons. The predicted octanol–water partition coefficient (Wildman–Crippen LogP) is 3.47. The van der Waals surface area contributed by atoms with Gasteiger partial charge in [-0.2, -0.15) is 0 Å². The van der Waals surface area contributed by atoms with Crippen molar-refractivity contribution in [2.24, 2.45) is 11.3 Å². The average molecular weight is 237 g/mol. The van der Waals surface area contributed by atoms with Gasteiger partial charge in [-0.15, -0.1) is 0 Å². The molecule has 1 atom stereocenters. The lowest BCUT2D eigenvalue weighted by molar-refractivity contribution is 0.159. The van der Waals surface area contributed by atoms with Gasteiger partial charge in [0.2, 0.25) is 0 Å². The number of halogens is 1. The minimum absolute atomic E-state index is 0.429. The van der Waals surface area contributed by atoms with Crippen LogP contribution in [0.2, 0.25) is 0 Å². The second-order valence-electron chi connectivity index (χ2n) is 4.04. The second-order valence-corrected chi connectivity index (χ2v) is 4.60. The summed E-state index contributed by atoms with van der Waals surface area (Å²) >= 11 is 3.58. The molecule has 0 aromatic heterocycles. The highest BCUT2D eigenvalue weighted by Gasteiger charge is 2.26. The van der Waals surface area contributed by atoms with Crippen molar-refractivity contribution in [2.75, 3.05) is 19.0 Å². The molecule has 0 aliphatic rings. The summed E-state index contributed by atoms with van der Waals surface area (Å²) in [6.07, 6.45) is 2.40. The molecule has 1 unspecified atom stereocenters. The van der Waals surface area contributed by atoms with Gasteiger partial charge in [-0.25, -0.2) is 0 Å². The van der Waals surface area contributed by atoms with Gasteiger partial charge in [0.15, 0.2) is 0 Å². The molecule has 0 heterocycles. The van der Waals surface area contributed by atoms with Gasteiger partial charge < -0.3 is 4.74 Å². The summed E-state index contributed by atoms with van der Waals surface area (Å²) in [5.41, 5.74) is 0.429. The van der Waals surface area contributed by atoms with Crippen LogP contribution in [-0.4, -0.2) is 19.0 Å². The van der Waals surface area contributed by atoms with E-state index in [1.54, 1.807) is 7.11 Å². The zero-order valence-corrected chi connectivity index (χ0v) is 10.3. The number of alkyl halides is 1. The fourth-order valence-electron chi connectivity index (χ4n) is 1.13. The third-order valence-corrected chi connectivity index (χ3v) is 4.08. The summed E-state index contributed by atoms with van der Waals surface area (Å²) in [5, 5.41) is 1.08. The third kappa shape index (κ3) is 3.90. The van der Waals surface area contributed by atoms with Gasteiger partial charge in [0.05, 0.1) is 0 Å². The van der Waals surface area contributed by atoms with Crippen LogP contribution in [-0.2, 0) is 4.74 Å². The Kier molecular flexibility index (Phi) is 6.20. The van der Waals surface area contributed by atoms with Crippen LogP contribution in [0.5, 0.6) is 0 Å². The summed E-state index contributed by atoms with van der Waals surface area (Å²) in [5.74, 6) is 0.730. The van der Waals surface area contributed by atoms with E-state index in [1.807, 2.05) is 0 Å². The van der Waals surface area contributed by atoms with E-state index in [9.17, 15) is 0 Å². The second kappa shape index (κ2) is 5.98. The first-order valence-corrected chi connectivity index (χ1v) is 5.74. The largest absolute Gasteiger partial charge is 0.385 e. The van der Waals surface area contributed by atoms with Gasteiger partial charge in [0.1, 0.15) is 0 Å². The molecule has 0 spiro atoms. The molecule has 0 rings (SSSR count). The van der Waals surface area contributed by atoms with Crippen LogP contribution in [0.1, 0.15) is 33.6 Å². The predicted molar refractivity (Wildman–Crippen MR) is 57.8 cm³/mol. The standard InChI is InChI=1S/C10H21BrO/c1-9(2)10(3,8-11)6-5-7-12-4/h9H,5-8H2,1-4H3. The lowest BCUT2D eigenvalue weighted by Crippen LogP contribution is -2.25. The van der Waals surface area contributed by atoms with Crippen molar-refractivity contribution in [2.45, 2.75) is 33.6 Å². The molecule has 2 heteroatoms. The zero-order chi connectivity index (χ0) is 9.61. The van der Waals surface area contributed by atoms with Gasteiger partial charge in [0.25, 0.3) is 0 Å². The molecule has 0 N–H and O–H groups in total. The fraction of sp³-hybridized carbons (Fsp3) is 1.00. The maximum Gasteiger partial charge on any atom is 0.0462 e. The molecule has 0 aromatic rings. The molecule has 0 bridgehead atoms. The Morgan fingerprint density at radius 1 is 1.42 bits per heavy atom. The van der Waals surface area contributed by atoms with E-state index in [0.29, 0.717) is 5.41 Å². The van der Waals surface area contributed by atoms with Crippen molar-refractivity contribution in [3.63, 3.8) is 0 Å². The van der Waals surface area contributed by atoms with Crippen LogP contribution in [0.15, 0.2) is 0 Å². The highest BCUT2D eigenvalue weighted by atomic mass is 79.9. The van der Waals surface area contributed by atoms with Crippen LogP contribution in [0.3, 0.4) is 0 Å². The Bertz CT molecular complexity index is 114.